The number of nitrogens with one attached hydrogen (secondary N) is 1. The molecule has 0 saturated heterocycles. The molecule has 2 atom stereocenters. The van der Waals surface area contributed by atoms with Gasteiger partial charge in [-0.25, -0.2) is 0 Å². The topological polar surface area (TPSA) is 58.6 Å². The van der Waals surface area contributed by atoms with E-state index in [-0.39, 0.29) is 18.4 Å². The second-order valence-corrected chi connectivity index (χ2v) is 5.48. The summed E-state index contributed by atoms with van der Waals surface area (Å²) in [5, 5.41) is 13.1. The van der Waals surface area contributed by atoms with Gasteiger partial charge in [0.2, 0.25) is 0 Å². The molecule has 2 unspecified atom stereocenters. The third-order valence-electron chi connectivity index (χ3n) is 3.78. The smallest absolute Gasteiger partial charge is 0.251 e. The molecule has 1 rings (SSSR count). The van der Waals surface area contributed by atoms with Crippen LogP contribution in [-0.4, -0.2) is 30.3 Å². The molecular formula is C16H25NO3. The van der Waals surface area contributed by atoms with Crippen molar-refractivity contribution in [2.45, 2.75) is 39.4 Å². The zero-order chi connectivity index (χ0) is 15.2. The maximum absolute atomic E-state index is 12.1. The highest BCUT2D eigenvalue weighted by Crippen LogP contribution is 2.19. The fourth-order valence-electron chi connectivity index (χ4n) is 1.94. The van der Waals surface area contributed by atoms with Gasteiger partial charge in [0.25, 0.3) is 5.91 Å². The van der Waals surface area contributed by atoms with Gasteiger partial charge in [-0.3, -0.25) is 4.79 Å². The number of ether oxygens (including phenoxy) is 1. The summed E-state index contributed by atoms with van der Waals surface area (Å²) in [6, 6.07) is 7.30. The Balaban J connectivity index is 2.65. The van der Waals surface area contributed by atoms with Crippen molar-refractivity contribution in [3.63, 3.8) is 0 Å². The lowest BCUT2D eigenvalue weighted by molar-refractivity contribution is 0.00592. The Kier molecular flexibility index (Phi) is 6.17. The number of hydrogen-bond donors (Lipinski definition) is 2. The normalized spacial score (nSPS) is 15.4. The number of methoxy groups -OCH3 is 1. The number of benzene rings is 1. The molecule has 0 aliphatic rings. The maximum atomic E-state index is 12.1. The highest BCUT2D eigenvalue weighted by molar-refractivity contribution is 5.94. The monoisotopic (exact) mass is 279 g/mol. The molecule has 4 heteroatoms. The Morgan fingerprint density at radius 2 is 2.20 bits per heavy atom. The Bertz CT molecular complexity index is 443. The first kappa shape index (κ1) is 16.7. The Morgan fingerprint density at radius 1 is 1.50 bits per heavy atom. The molecule has 1 amide bonds. The lowest BCUT2D eigenvalue weighted by Gasteiger charge is -2.29. The molecule has 0 bridgehead atoms. The van der Waals surface area contributed by atoms with E-state index in [0.29, 0.717) is 12.2 Å². The van der Waals surface area contributed by atoms with Crippen LogP contribution in [0.15, 0.2) is 24.3 Å². The Labute approximate surface area is 121 Å². The van der Waals surface area contributed by atoms with Crippen LogP contribution in [-0.2, 0) is 11.3 Å². The Hall–Kier alpha value is -1.39. The highest BCUT2D eigenvalue weighted by atomic mass is 16.5. The van der Waals surface area contributed by atoms with Gasteiger partial charge >= 0.3 is 0 Å². The van der Waals surface area contributed by atoms with E-state index in [2.05, 4.69) is 5.32 Å². The lowest BCUT2D eigenvalue weighted by atomic mass is 9.88. The SMILES string of the molecule is CCC(C)C(C)(O)CNC(=O)c1cccc(COC)c1. The van der Waals surface area contributed by atoms with Crippen LogP contribution in [0.3, 0.4) is 0 Å². The van der Waals surface area contributed by atoms with Gasteiger partial charge in [-0.2, -0.15) is 0 Å². The fraction of sp³-hybridized carbons (Fsp3) is 0.562. The van der Waals surface area contributed by atoms with Gasteiger partial charge in [-0.1, -0.05) is 32.4 Å². The van der Waals surface area contributed by atoms with E-state index in [0.717, 1.165) is 12.0 Å². The molecule has 4 nitrogen and oxygen atoms in total. The first-order chi connectivity index (χ1) is 9.40. The van der Waals surface area contributed by atoms with Crippen LogP contribution in [0.25, 0.3) is 0 Å². The van der Waals surface area contributed by atoms with Crippen LogP contribution in [0.1, 0.15) is 43.1 Å². The third kappa shape index (κ3) is 4.62. The molecule has 1 aromatic rings. The number of carbonyl (C=O) groups is 1. The third-order valence-corrected chi connectivity index (χ3v) is 3.78. The molecular weight excluding hydrogens is 254 g/mol. The molecule has 0 aliphatic heterocycles. The van der Waals surface area contributed by atoms with E-state index in [1.165, 1.54) is 0 Å². The molecule has 2 N–H and O–H groups in total. The van der Waals surface area contributed by atoms with Crippen molar-refractivity contribution in [2.24, 2.45) is 5.92 Å². The number of amides is 1. The molecule has 0 aromatic heterocycles. The molecule has 0 heterocycles. The molecule has 1 aromatic carbocycles. The summed E-state index contributed by atoms with van der Waals surface area (Å²) in [6.45, 7) is 6.48. The minimum atomic E-state index is -0.894. The second-order valence-electron chi connectivity index (χ2n) is 5.48. The van der Waals surface area contributed by atoms with Crippen molar-refractivity contribution in [1.29, 1.82) is 0 Å². The number of rotatable bonds is 7. The van der Waals surface area contributed by atoms with E-state index in [9.17, 15) is 9.90 Å². The average molecular weight is 279 g/mol. The van der Waals surface area contributed by atoms with E-state index in [1.807, 2.05) is 26.0 Å². The van der Waals surface area contributed by atoms with Gasteiger partial charge in [-0.15, -0.1) is 0 Å². The second kappa shape index (κ2) is 7.41. The van der Waals surface area contributed by atoms with Gasteiger partial charge in [0.05, 0.1) is 12.2 Å². The molecule has 112 valence electrons. The first-order valence-corrected chi connectivity index (χ1v) is 6.99. The lowest BCUT2D eigenvalue weighted by Crippen LogP contribution is -2.45. The van der Waals surface area contributed by atoms with Crippen LogP contribution >= 0.6 is 0 Å². The van der Waals surface area contributed by atoms with Crippen LogP contribution < -0.4 is 5.32 Å². The van der Waals surface area contributed by atoms with Crippen LogP contribution in [0, 0.1) is 5.92 Å². The zero-order valence-corrected chi connectivity index (χ0v) is 12.8. The van der Waals surface area contributed by atoms with Gasteiger partial charge in [0, 0.05) is 19.2 Å². The predicted octanol–water partition coefficient (Wildman–Crippen LogP) is 2.36. The average Bonchev–Trinajstić information content (AvgIpc) is 2.44. The van der Waals surface area contributed by atoms with E-state index in [4.69, 9.17) is 4.74 Å². The Morgan fingerprint density at radius 3 is 2.80 bits per heavy atom. The van der Waals surface area contributed by atoms with Crippen LogP contribution in [0.5, 0.6) is 0 Å². The standard InChI is InChI=1S/C16H25NO3/c1-5-12(2)16(3,19)11-17-15(18)14-8-6-7-13(9-14)10-20-4/h6-9,12,19H,5,10-11H2,1-4H3,(H,17,18). The van der Waals surface area contributed by atoms with Gasteiger partial charge in [-0.05, 0) is 30.5 Å². The van der Waals surface area contributed by atoms with Crippen molar-refractivity contribution < 1.29 is 14.6 Å². The molecule has 20 heavy (non-hydrogen) atoms. The first-order valence-electron chi connectivity index (χ1n) is 6.99. The van der Waals surface area contributed by atoms with E-state index in [1.54, 1.807) is 26.2 Å². The fourth-order valence-corrected chi connectivity index (χ4v) is 1.94. The number of carbonyl (C=O) groups excluding carboxylic acids is 1. The summed E-state index contributed by atoms with van der Waals surface area (Å²) < 4.78 is 5.05. The van der Waals surface area contributed by atoms with Crippen molar-refractivity contribution in [2.75, 3.05) is 13.7 Å². The van der Waals surface area contributed by atoms with Crippen molar-refractivity contribution >= 4 is 5.91 Å². The summed E-state index contributed by atoms with van der Waals surface area (Å²) in [5.74, 6) is -0.0471. The van der Waals surface area contributed by atoms with Crippen molar-refractivity contribution in [1.82, 2.24) is 5.32 Å². The summed E-state index contributed by atoms with van der Waals surface area (Å²) >= 11 is 0. The van der Waals surface area contributed by atoms with Gasteiger partial charge < -0.3 is 15.2 Å². The quantitative estimate of drug-likeness (QED) is 0.805. The van der Waals surface area contributed by atoms with Crippen LogP contribution in [0.4, 0.5) is 0 Å². The summed E-state index contributed by atoms with van der Waals surface area (Å²) in [6.07, 6.45) is 0.867. The van der Waals surface area contributed by atoms with E-state index < -0.39 is 5.60 Å². The van der Waals surface area contributed by atoms with Crippen molar-refractivity contribution in [3.05, 3.63) is 35.4 Å². The largest absolute Gasteiger partial charge is 0.388 e. The van der Waals surface area contributed by atoms with Gasteiger partial charge in [0.1, 0.15) is 0 Å². The highest BCUT2D eigenvalue weighted by Gasteiger charge is 2.27. The van der Waals surface area contributed by atoms with Crippen LogP contribution in [0.2, 0.25) is 0 Å². The molecule has 0 saturated carbocycles. The summed E-state index contributed by atoms with van der Waals surface area (Å²) in [5.41, 5.74) is 0.641. The predicted molar refractivity (Wildman–Crippen MR) is 79.6 cm³/mol. The summed E-state index contributed by atoms with van der Waals surface area (Å²) in [7, 11) is 1.62. The molecule has 0 fully saturated rings. The molecule has 0 spiro atoms. The molecule has 0 radical (unpaired) electrons. The number of hydrogen-bond acceptors (Lipinski definition) is 3. The minimum Gasteiger partial charge on any atom is -0.388 e. The summed E-state index contributed by atoms with van der Waals surface area (Å²) in [4.78, 5) is 12.1. The minimum absolute atomic E-state index is 0.127. The maximum Gasteiger partial charge on any atom is 0.251 e. The molecule has 0 aliphatic carbocycles. The van der Waals surface area contributed by atoms with E-state index >= 15 is 0 Å². The van der Waals surface area contributed by atoms with Gasteiger partial charge in [0.15, 0.2) is 0 Å². The number of aliphatic hydroxyl groups is 1. The van der Waals surface area contributed by atoms with Crippen molar-refractivity contribution in [3.8, 4) is 0 Å². The zero-order valence-electron chi connectivity index (χ0n) is 12.8.